The van der Waals surface area contributed by atoms with Gasteiger partial charge in [-0.2, -0.15) is 0 Å². The second kappa shape index (κ2) is 13.6. The van der Waals surface area contributed by atoms with Crippen LogP contribution < -0.4 is 9.64 Å². The van der Waals surface area contributed by atoms with Gasteiger partial charge in [0, 0.05) is 66.7 Å². The van der Waals surface area contributed by atoms with Gasteiger partial charge in [-0.15, -0.1) is 12.4 Å². The van der Waals surface area contributed by atoms with Crippen LogP contribution in [0.3, 0.4) is 0 Å². The number of nitrogens with zero attached hydrogens (tertiary/aromatic N) is 6. The van der Waals surface area contributed by atoms with E-state index in [0.717, 1.165) is 50.0 Å². The molecule has 5 heterocycles. The van der Waals surface area contributed by atoms with Crippen LogP contribution in [0.1, 0.15) is 37.7 Å². The number of anilines is 1. The van der Waals surface area contributed by atoms with Gasteiger partial charge in [0.15, 0.2) is 5.75 Å². The normalized spacial score (nSPS) is 19.2. The molecule has 6 rings (SSSR count). The Balaban J connectivity index is 0.00000368. The predicted octanol–water partition coefficient (Wildman–Crippen LogP) is 5.56. The van der Waals surface area contributed by atoms with Crippen molar-refractivity contribution in [2.24, 2.45) is 5.92 Å². The van der Waals surface area contributed by atoms with E-state index < -0.39 is 5.97 Å². The average Bonchev–Trinajstić information content (AvgIpc) is 3.33. The van der Waals surface area contributed by atoms with E-state index in [1.165, 1.54) is 0 Å². The number of halogens is 3. The van der Waals surface area contributed by atoms with Crippen LogP contribution in [0, 0.1) is 5.92 Å². The van der Waals surface area contributed by atoms with E-state index >= 15 is 0 Å². The highest BCUT2D eigenvalue weighted by Crippen LogP contribution is 2.31. The molecule has 1 amide bonds. The molecule has 10 nitrogen and oxygen atoms in total. The summed E-state index contributed by atoms with van der Waals surface area (Å²) in [5.41, 5.74) is 2.45. The number of carbonyl (C=O) groups is 2. The molecule has 3 fully saturated rings. The van der Waals surface area contributed by atoms with Crippen molar-refractivity contribution < 1.29 is 19.4 Å². The second-order valence-electron chi connectivity index (χ2n) is 11.2. The summed E-state index contributed by atoms with van der Waals surface area (Å²) in [5.74, 6) is 1.19. The molecule has 228 valence electrons. The third-order valence-electron chi connectivity index (χ3n) is 8.21. The van der Waals surface area contributed by atoms with Gasteiger partial charge in [-0.1, -0.05) is 23.2 Å². The minimum Gasteiger partial charge on any atom is -0.481 e. The van der Waals surface area contributed by atoms with Crippen molar-refractivity contribution in [2.45, 2.75) is 44.7 Å². The molecule has 3 aromatic rings. The summed E-state index contributed by atoms with van der Waals surface area (Å²) in [7, 11) is 0. The topological polar surface area (TPSA) is 112 Å². The molecule has 0 radical (unpaired) electrons. The number of hydrogen-bond acceptors (Lipinski definition) is 8. The Morgan fingerprint density at radius 1 is 0.977 bits per heavy atom. The molecule has 3 aliphatic rings. The van der Waals surface area contributed by atoms with Gasteiger partial charge >= 0.3 is 5.97 Å². The SMILES string of the molecule is Cl.O=C(O)CC1CCN(Cc2cc(Oc3cnc(N4CCN5C(=O)CCC5C4)nc3)nc(-c3cc(Cl)cc(Cl)c3)c2)CC1. The van der Waals surface area contributed by atoms with Crippen molar-refractivity contribution in [2.75, 3.05) is 37.6 Å². The maximum Gasteiger partial charge on any atom is 0.303 e. The van der Waals surface area contributed by atoms with Crippen LogP contribution in [0.4, 0.5) is 5.95 Å². The quantitative estimate of drug-likeness (QED) is 0.336. The third-order valence-corrected chi connectivity index (χ3v) is 8.65. The Morgan fingerprint density at radius 3 is 2.40 bits per heavy atom. The first-order valence-electron chi connectivity index (χ1n) is 14.2. The maximum absolute atomic E-state index is 12.0. The molecule has 1 aromatic carbocycles. The van der Waals surface area contributed by atoms with Gasteiger partial charge in [-0.05, 0) is 68.1 Å². The van der Waals surface area contributed by atoms with Gasteiger partial charge in [0.2, 0.25) is 17.7 Å². The number of fused-ring (bicyclic) bond motifs is 1. The van der Waals surface area contributed by atoms with Crippen molar-refractivity contribution in [3.05, 3.63) is 58.3 Å². The summed E-state index contributed by atoms with van der Waals surface area (Å²) < 4.78 is 6.16. The standard InChI is InChI=1S/C30H32Cl2N6O4.ClH/c31-22-12-21(13-23(32)14-22)26-9-20(17-36-5-3-19(4-6-36)11-29(40)41)10-27(35-26)42-25-15-33-30(34-16-25)37-7-8-38-24(18-37)1-2-28(38)39;/h9-10,12-16,19,24H,1-8,11,17-18H2,(H,40,41);1H. The van der Waals surface area contributed by atoms with Gasteiger partial charge in [-0.25, -0.2) is 15.0 Å². The lowest BCUT2D eigenvalue weighted by molar-refractivity contribution is -0.138. The van der Waals surface area contributed by atoms with Crippen LogP contribution in [0.5, 0.6) is 11.6 Å². The fraction of sp³-hybridized carbons (Fsp3) is 0.433. The third kappa shape index (κ3) is 7.67. The molecule has 1 atom stereocenters. The number of piperazine rings is 1. The first-order chi connectivity index (χ1) is 20.3. The smallest absolute Gasteiger partial charge is 0.303 e. The Hall–Kier alpha value is -3.18. The molecule has 0 aliphatic carbocycles. The molecule has 13 heteroatoms. The van der Waals surface area contributed by atoms with E-state index in [0.29, 0.717) is 59.4 Å². The van der Waals surface area contributed by atoms with Crippen LogP contribution in [-0.4, -0.2) is 80.5 Å². The number of pyridine rings is 1. The van der Waals surface area contributed by atoms with Gasteiger partial charge < -0.3 is 19.6 Å². The monoisotopic (exact) mass is 646 g/mol. The average molecular weight is 648 g/mol. The van der Waals surface area contributed by atoms with Crippen LogP contribution in [-0.2, 0) is 16.1 Å². The molecule has 3 aliphatic heterocycles. The van der Waals surface area contributed by atoms with Crippen LogP contribution in [0.15, 0.2) is 42.7 Å². The molecule has 0 spiro atoms. The zero-order chi connectivity index (χ0) is 29.2. The summed E-state index contributed by atoms with van der Waals surface area (Å²) in [6.45, 7) is 4.45. The van der Waals surface area contributed by atoms with Crippen molar-refractivity contribution in [3.63, 3.8) is 0 Å². The van der Waals surface area contributed by atoms with E-state index in [2.05, 4.69) is 19.8 Å². The highest BCUT2D eigenvalue weighted by Gasteiger charge is 2.36. The van der Waals surface area contributed by atoms with Gasteiger partial charge in [0.1, 0.15) is 0 Å². The number of aromatic nitrogens is 3. The van der Waals surface area contributed by atoms with E-state index in [1.807, 2.05) is 29.2 Å². The van der Waals surface area contributed by atoms with Crippen LogP contribution in [0.25, 0.3) is 11.3 Å². The Kier molecular flexibility index (Phi) is 9.91. The largest absolute Gasteiger partial charge is 0.481 e. The molecular formula is C30H33Cl3N6O4. The van der Waals surface area contributed by atoms with Crippen molar-refractivity contribution in [1.82, 2.24) is 24.8 Å². The molecule has 0 bridgehead atoms. The maximum atomic E-state index is 12.0. The van der Waals surface area contributed by atoms with E-state index in [1.54, 1.807) is 18.5 Å². The minimum absolute atomic E-state index is 0. The van der Waals surface area contributed by atoms with Gasteiger partial charge in [-0.3, -0.25) is 14.5 Å². The molecule has 3 saturated heterocycles. The number of rotatable bonds is 8. The molecule has 1 unspecified atom stereocenters. The number of hydrogen-bond donors (Lipinski definition) is 1. The number of carbonyl (C=O) groups excluding carboxylic acids is 1. The van der Waals surface area contributed by atoms with Crippen molar-refractivity contribution in [1.29, 1.82) is 0 Å². The van der Waals surface area contributed by atoms with Crippen LogP contribution in [0.2, 0.25) is 10.0 Å². The zero-order valence-corrected chi connectivity index (χ0v) is 25.8. The molecule has 43 heavy (non-hydrogen) atoms. The van der Waals surface area contributed by atoms with E-state index in [9.17, 15) is 9.59 Å². The Bertz CT molecular complexity index is 1450. The Labute approximate surface area is 266 Å². The second-order valence-corrected chi connectivity index (χ2v) is 12.1. The Morgan fingerprint density at radius 2 is 1.70 bits per heavy atom. The number of aliphatic carboxylic acids is 1. The number of carboxylic acid groups (broad SMARTS) is 1. The zero-order valence-electron chi connectivity index (χ0n) is 23.5. The molecule has 2 aromatic heterocycles. The van der Waals surface area contributed by atoms with Crippen molar-refractivity contribution >= 4 is 53.4 Å². The number of piperidine rings is 1. The fourth-order valence-electron chi connectivity index (χ4n) is 6.10. The van der Waals surface area contributed by atoms with Crippen molar-refractivity contribution in [3.8, 4) is 22.9 Å². The summed E-state index contributed by atoms with van der Waals surface area (Å²) in [6.07, 6.45) is 6.71. The first kappa shape index (κ1) is 31.3. The predicted molar refractivity (Wildman–Crippen MR) is 166 cm³/mol. The number of amides is 1. The fourth-order valence-corrected chi connectivity index (χ4v) is 6.62. The van der Waals surface area contributed by atoms with Gasteiger partial charge in [0.05, 0.1) is 18.1 Å². The van der Waals surface area contributed by atoms with E-state index in [-0.39, 0.29) is 36.7 Å². The first-order valence-corrected chi connectivity index (χ1v) is 15.0. The van der Waals surface area contributed by atoms with Gasteiger partial charge in [0.25, 0.3) is 0 Å². The molecule has 0 saturated carbocycles. The summed E-state index contributed by atoms with van der Waals surface area (Å²) in [4.78, 5) is 43.4. The number of benzene rings is 1. The lowest BCUT2D eigenvalue weighted by Gasteiger charge is -2.37. The highest BCUT2D eigenvalue weighted by atomic mass is 35.5. The minimum atomic E-state index is -0.737. The lowest BCUT2D eigenvalue weighted by Crippen LogP contribution is -2.51. The summed E-state index contributed by atoms with van der Waals surface area (Å²) in [6, 6.07) is 9.44. The number of carboxylic acids is 1. The summed E-state index contributed by atoms with van der Waals surface area (Å²) in [5, 5.41) is 10.2. The van der Waals surface area contributed by atoms with E-state index in [4.69, 9.17) is 38.0 Å². The number of ether oxygens (including phenoxy) is 1. The molecular weight excluding hydrogens is 615 g/mol. The van der Waals surface area contributed by atoms with Crippen LogP contribution >= 0.6 is 35.6 Å². The highest BCUT2D eigenvalue weighted by molar-refractivity contribution is 6.35. The number of likely N-dealkylation sites (tertiary alicyclic amines) is 1. The molecule has 1 N–H and O–H groups in total. The summed E-state index contributed by atoms with van der Waals surface area (Å²) >= 11 is 12.6. The lowest BCUT2D eigenvalue weighted by atomic mass is 9.93.